The summed E-state index contributed by atoms with van der Waals surface area (Å²) < 4.78 is 37.0. The molecule has 0 saturated heterocycles. The van der Waals surface area contributed by atoms with E-state index in [1.807, 2.05) is 0 Å². The third-order valence-corrected chi connectivity index (χ3v) is 4.93. The lowest BCUT2D eigenvalue weighted by Crippen LogP contribution is -2.03. The standard InChI is InChI=1S/C7H15O6P2/c1-4-11-14(9)7(8)15(10,12-5-2)13-6-3/h4-6H2,1-3H3/q+1. The van der Waals surface area contributed by atoms with Crippen molar-refractivity contribution in [1.29, 1.82) is 0 Å². The number of hydrogen-bond donors (Lipinski definition) is 0. The second-order valence-corrected chi connectivity index (χ2v) is 5.74. The molecule has 0 rings (SSSR count). The van der Waals surface area contributed by atoms with E-state index in [0.717, 1.165) is 0 Å². The van der Waals surface area contributed by atoms with Gasteiger partial charge < -0.3 is 9.05 Å². The molecule has 0 aromatic rings. The molecule has 0 saturated carbocycles. The average Bonchev–Trinajstić information content (AvgIpc) is 2.17. The lowest BCUT2D eigenvalue weighted by atomic mass is 10.9. The van der Waals surface area contributed by atoms with E-state index in [1.165, 1.54) is 0 Å². The third-order valence-electron chi connectivity index (χ3n) is 1.23. The first-order valence-corrected chi connectivity index (χ1v) is 7.27. The van der Waals surface area contributed by atoms with Gasteiger partial charge in [-0.25, -0.2) is 9.36 Å². The Bertz CT molecular complexity index is 267. The van der Waals surface area contributed by atoms with Crippen molar-refractivity contribution in [1.82, 2.24) is 0 Å². The van der Waals surface area contributed by atoms with Crippen LogP contribution in [0.3, 0.4) is 0 Å². The molecule has 0 amide bonds. The maximum atomic E-state index is 11.8. The highest BCUT2D eigenvalue weighted by Crippen LogP contribution is 2.57. The maximum absolute atomic E-state index is 11.8. The topological polar surface area (TPSA) is 78.9 Å². The van der Waals surface area contributed by atoms with Crippen molar-refractivity contribution in [3.63, 3.8) is 0 Å². The highest BCUT2D eigenvalue weighted by Gasteiger charge is 2.51. The molecule has 1 unspecified atom stereocenters. The molecule has 0 aromatic heterocycles. The van der Waals surface area contributed by atoms with Crippen molar-refractivity contribution in [2.75, 3.05) is 19.8 Å². The van der Waals surface area contributed by atoms with E-state index in [2.05, 4.69) is 4.52 Å². The van der Waals surface area contributed by atoms with E-state index in [9.17, 15) is 13.9 Å². The van der Waals surface area contributed by atoms with E-state index in [-0.39, 0.29) is 19.8 Å². The van der Waals surface area contributed by atoms with Crippen LogP contribution >= 0.6 is 15.6 Å². The fourth-order valence-corrected chi connectivity index (χ4v) is 3.40. The van der Waals surface area contributed by atoms with Crippen molar-refractivity contribution >= 4 is 20.9 Å². The predicted molar refractivity (Wildman–Crippen MR) is 55.5 cm³/mol. The zero-order valence-corrected chi connectivity index (χ0v) is 10.8. The van der Waals surface area contributed by atoms with Crippen LogP contribution in [0, 0.1) is 0 Å². The van der Waals surface area contributed by atoms with Gasteiger partial charge >= 0.3 is 20.9 Å². The molecule has 0 bridgehead atoms. The molecule has 0 aliphatic carbocycles. The van der Waals surface area contributed by atoms with Crippen LogP contribution in [-0.2, 0) is 22.7 Å². The van der Waals surface area contributed by atoms with Crippen molar-refractivity contribution in [3.8, 4) is 0 Å². The summed E-state index contributed by atoms with van der Waals surface area (Å²) >= 11 is 0. The van der Waals surface area contributed by atoms with Crippen molar-refractivity contribution < 1.29 is 27.5 Å². The fourth-order valence-electron chi connectivity index (χ4n) is 0.760. The van der Waals surface area contributed by atoms with Gasteiger partial charge in [0.1, 0.15) is 6.61 Å². The Hall–Kier alpha value is -0.120. The summed E-state index contributed by atoms with van der Waals surface area (Å²) in [5, 5.41) is -1.11. The minimum Gasteiger partial charge on any atom is -0.300 e. The van der Waals surface area contributed by atoms with E-state index in [4.69, 9.17) is 9.05 Å². The first-order valence-electron chi connectivity index (χ1n) is 4.55. The highest BCUT2D eigenvalue weighted by molar-refractivity contribution is 7.93. The average molecular weight is 257 g/mol. The fraction of sp³-hybridized carbons (Fsp3) is 0.857. The van der Waals surface area contributed by atoms with Crippen LogP contribution in [-0.4, -0.2) is 25.1 Å². The Morgan fingerprint density at radius 2 is 1.60 bits per heavy atom. The molecule has 0 spiro atoms. The molecule has 88 valence electrons. The number of carbonyl (C=O) groups is 1. The van der Waals surface area contributed by atoms with E-state index < -0.39 is 20.9 Å². The predicted octanol–water partition coefficient (Wildman–Crippen LogP) is 3.15. The van der Waals surface area contributed by atoms with Crippen LogP contribution in [0.25, 0.3) is 0 Å². The van der Waals surface area contributed by atoms with Crippen LogP contribution in [0.2, 0.25) is 0 Å². The highest BCUT2D eigenvalue weighted by atomic mass is 31.2. The van der Waals surface area contributed by atoms with Gasteiger partial charge in [0.2, 0.25) is 0 Å². The Morgan fingerprint density at radius 1 is 1.13 bits per heavy atom. The second-order valence-electron chi connectivity index (χ2n) is 2.29. The van der Waals surface area contributed by atoms with E-state index in [0.29, 0.717) is 0 Å². The zero-order valence-electron chi connectivity index (χ0n) is 8.97. The van der Waals surface area contributed by atoms with Crippen molar-refractivity contribution in [3.05, 3.63) is 0 Å². The smallest absolute Gasteiger partial charge is 0.300 e. The first kappa shape index (κ1) is 14.9. The lowest BCUT2D eigenvalue weighted by Gasteiger charge is -2.09. The molecule has 15 heavy (non-hydrogen) atoms. The molecule has 0 aromatic carbocycles. The molecular weight excluding hydrogens is 242 g/mol. The first-order chi connectivity index (χ1) is 7.01. The Labute approximate surface area is 89.7 Å². The molecule has 1 atom stereocenters. The van der Waals surface area contributed by atoms with Gasteiger partial charge in [-0.3, -0.25) is 0 Å². The summed E-state index contributed by atoms with van der Waals surface area (Å²) in [5.41, 5.74) is 0. The summed E-state index contributed by atoms with van der Waals surface area (Å²) in [6.45, 7) is 4.88. The molecule has 0 aliphatic heterocycles. The molecule has 0 N–H and O–H groups in total. The second kappa shape index (κ2) is 7.20. The maximum Gasteiger partial charge on any atom is 0.601 e. The Kier molecular flexibility index (Phi) is 7.14. The monoisotopic (exact) mass is 257 g/mol. The molecule has 0 aliphatic rings. The third kappa shape index (κ3) is 4.49. The minimum atomic E-state index is -3.94. The quantitative estimate of drug-likeness (QED) is 0.621. The molecule has 8 heteroatoms. The summed E-state index contributed by atoms with van der Waals surface area (Å²) in [5.74, 6) is 0. The van der Waals surface area contributed by atoms with Gasteiger partial charge in [0, 0.05) is 0 Å². The molecule has 0 radical (unpaired) electrons. The van der Waals surface area contributed by atoms with Crippen LogP contribution < -0.4 is 0 Å². The number of hydrogen-bond acceptors (Lipinski definition) is 6. The number of rotatable bonds is 8. The van der Waals surface area contributed by atoms with E-state index in [1.54, 1.807) is 20.8 Å². The van der Waals surface area contributed by atoms with Gasteiger partial charge in [-0.2, -0.15) is 0 Å². The van der Waals surface area contributed by atoms with E-state index >= 15 is 0 Å². The van der Waals surface area contributed by atoms with Crippen LogP contribution in [0.5, 0.6) is 0 Å². The zero-order chi connectivity index (χ0) is 11.9. The Morgan fingerprint density at radius 3 is 1.93 bits per heavy atom. The Balaban J connectivity index is 4.69. The van der Waals surface area contributed by atoms with Gasteiger partial charge in [-0.15, -0.1) is 4.52 Å². The molecule has 0 heterocycles. The van der Waals surface area contributed by atoms with Gasteiger partial charge in [-0.05, 0) is 25.3 Å². The lowest BCUT2D eigenvalue weighted by molar-refractivity contribution is 0.213. The minimum absolute atomic E-state index is 0.0400. The summed E-state index contributed by atoms with van der Waals surface area (Å²) in [6.07, 6.45) is 0. The van der Waals surface area contributed by atoms with Crippen LogP contribution in [0.15, 0.2) is 0 Å². The number of carbonyl (C=O) groups excluding carboxylic acids is 1. The van der Waals surface area contributed by atoms with Crippen molar-refractivity contribution in [2.24, 2.45) is 0 Å². The van der Waals surface area contributed by atoms with Gasteiger partial charge in [0.15, 0.2) is 0 Å². The van der Waals surface area contributed by atoms with Gasteiger partial charge in [0.25, 0.3) is 0 Å². The molecular formula is C7H15O6P2+. The van der Waals surface area contributed by atoms with Crippen LogP contribution in [0.1, 0.15) is 20.8 Å². The molecule has 6 nitrogen and oxygen atoms in total. The summed E-state index contributed by atoms with van der Waals surface area (Å²) in [6, 6.07) is 0. The largest absolute Gasteiger partial charge is 0.601 e. The van der Waals surface area contributed by atoms with Gasteiger partial charge in [0.05, 0.1) is 13.2 Å². The summed E-state index contributed by atoms with van der Waals surface area (Å²) in [7, 11) is -6.60. The van der Waals surface area contributed by atoms with Gasteiger partial charge in [-0.1, -0.05) is 0 Å². The molecule has 0 fully saturated rings. The summed E-state index contributed by atoms with van der Waals surface area (Å²) in [4.78, 5) is 11.4. The normalized spacial score (nSPS) is 12.6. The van der Waals surface area contributed by atoms with Crippen LogP contribution in [0.4, 0.5) is 4.79 Å². The van der Waals surface area contributed by atoms with Crippen molar-refractivity contribution in [2.45, 2.75) is 20.8 Å². The SMILES string of the molecule is CCO[P+](=O)C(=O)P(=O)(OCC)OCC.